The molecule has 1 aliphatic rings. The van der Waals surface area contributed by atoms with Crippen LogP contribution >= 0.6 is 0 Å². The average molecular weight is 446 g/mol. The van der Waals surface area contributed by atoms with Gasteiger partial charge in [-0.3, -0.25) is 14.4 Å². The first-order valence-corrected chi connectivity index (χ1v) is 9.74. The summed E-state index contributed by atoms with van der Waals surface area (Å²) >= 11 is 0. The van der Waals surface area contributed by atoms with Gasteiger partial charge in [0.05, 0.1) is 5.69 Å². The first kappa shape index (κ1) is 21.5. The zero-order valence-electron chi connectivity index (χ0n) is 17.5. The molecule has 0 spiro atoms. The zero-order chi connectivity index (χ0) is 23.4. The molecule has 0 saturated heterocycles. The van der Waals surface area contributed by atoms with Crippen LogP contribution in [0.5, 0.6) is 5.75 Å². The Kier molecular flexibility index (Phi) is 4.99. The van der Waals surface area contributed by atoms with Crippen LogP contribution in [-0.2, 0) is 6.42 Å². The van der Waals surface area contributed by atoms with Crippen LogP contribution in [-0.4, -0.2) is 40.9 Å². The number of aromatic nitrogens is 1. The van der Waals surface area contributed by atoms with Crippen molar-refractivity contribution in [3.05, 3.63) is 61.6 Å². The molecule has 1 amide bonds. The number of nitrogens with zero attached hydrogens (tertiary/aromatic N) is 2. The Morgan fingerprint density at radius 3 is 2.66 bits per heavy atom. The van der Waals surface area contributed by atoms with Crippen LogP contribution < -0.4 is 21.5 Å². The molecule has 1 atom stereocenters. The Labute approximate surface area is 180 Å². The molecular formula is C21H20F2N4O5. The SMILES string of the molecule is Cc1cc2c(o1)C(Nc1c(Nc3ccnc(C(=O)N(C)C)c3O)c(=O)c1=O)C(F)(F)CC2. The van der Waals surface area contributed by atoms with E-state index in [0.29, 0.717) is 11.3 Å². The third kappa shape index (κ3) is 3.39. The third-order valence-electron chi connectivity index (χ3n) is 5.37. The quantitative estimate of drug-likeness (QED) is 0.511. The number of anilines is 3. The zero-order valence-corrected chi connectivity index (χ0v) is 17.5. The molecule has 2 aromatic heterocycles. The van der Waals surface area contributed by atoms with Gasteiger partial charge >= 0.3 is 0 Å². The number of rotatable bonds is 5. The fourth-order valence-corrected chi connectivity index (χ4v) is 3.68. The number of alkyl halides is 2. The monoisotopic (exact) mass is 446 g/mol. The highest BCUT2D eigenvalue weighted by molar-refractivity contribution is 5.97. The van der Waals surface area contributed by atoms with Crippen molar-refractivity contribution in [2.24, 2.45) is 0 Å². The molecule has 1 aliphatic carbocycles. The topological polar surface area (TPSA) is 125 Å². The van der Waals surface area contributed by atoms with Gasteiger partial charge in [-0.25, -0.2) is 13.8 Å². The lowest BCUT2D eigenvalue weighted by molar-refractivity contribution is -0.0394. The lowest BCUT2D eigenvalue weighted by atomic mass is 9.90. The minimum Gasteiger partial charge on any atom is -0.504 e. The first-order chi connectivity index (χ1) is 15.0. The second-order valence-corrected chi connectivity index (χ2v) is 7.87. The van der Waals surface area contributed by atoms with Crippen molar-refractivity contribution >= 4 is 23.0 Å². The van der Waals surface area contributed by atoms with Gasteiger partial charge in [-0.05, 0) is 31.0 Å². The summed E-state index contributed by atoms with van der Waals surface area (Å²) in [5, 5.41) is 15.4. The summed E-state index contributed by atoms with van der Waals surface area (Å²) in [7, 11) is 2.94. The molecule has 0 fully saturated rings. The molecule has 0 aliphatic heterocycles. The minimum absolute atomic E-state index is 0.0170. The minimum atomic E-state index is -3.22. The predicted molar refractivity (Wildman–Crippen MR) is 112 cm³/mol. The molecule has 11 heteroatoms. The van der Waals surface area contributed by atoms with Crippen LogP contribution in [0, 0.1) is 6.92 Å². The van der Waals surface area contributed by atoms with Crippen molar-refractivity contribution in [2.75, 3.05) is 24.7 Å². The van der Waals surface area contributed by atoms with Crippen molar-refractivity contribution in [3.8, 4) is 5.75 Å². The molecule has 2 heterocycles. The summed E-state index contributed by atoms with van der Waals surface area (Å²) in [6.07, 6.45) is 0.906. The lowest BCUT2D eigenvalue weighted by Crippen LogP contribution is -2.42. The first-order valence-electron chi connectivity index (χ1n) is 9.74. The number of fused-ring (bicyclic) bond motifs is 1. The number of amides is 1. The highest BCUT2D eigenvalue weighted by atomic mass is 19.3. The number of carbonyl (C=O) groups is 1. The maximum Gasteiger partial charge on any atom is 0.275 e. The van der Waals surface area contributed by atoms with E-state index in [1.807, 2.05) is 0 Å². The van der Waals surface area contributed by atoms with E-state index >= 15 is 0 Å². The molecule has 0 saturated carbocycles. The Hall–Kier alpha value is -3.76. The molecule has 1 unspecified atom stereocenters. The number of pyridine rings is 1. The fraction of sp³-hybridized carbons (Fsp3) is 0.333. The number of halogens is 2. The Balaban J connectivity index is 1.68. The predicted octanol–water partition coefficient (Wildman–Crippen LogP) is 2.46. The Morgan fingerprint density at radius 1 is 1.28 bits per heavy atom. The summed E-state index contributed by atoms with van der Waals surface area (Å²) in [5.74, 6) is -3.88. The van der Waals surface area contributed by atoms with Crippen molar-refractivity contribution in [1.82, 2.24) is 9.88 Å². The number of hydrogen-bond donors (Lipinski definition) is 3. The van der Waals surface area contributed by atoms with Crippen molar-refractivity contribution in [2.45, 2.75) is 31.7 Å². The second kappa shape index (κ2) is 7.43. The van der Waals surface area contributed by atoms with E-state index < -0.39 is 40.9 Å². The third-order valence-corrected chi connectivity index (χ3v) is 5.37. The summed E-state index contributed by atoms with van der Waals surface area (Å²) in [6, 6.07) is 1.31. The number of nitrogens with one attached hydrogen (secondary N) is 2. The van der Waals surface area contributed by atoms with E-state index in [4.69, 9.17) is 4.42 Å². The van der Waals surface area contributed by atoms with E-state index in [-0.39, 0.29) is 34.9 Å². The molecule has 3 N–H and O–H groups in total. The molecule has 4 rings (SSSR count). The molecule has 32 heavy (non-hydrogen) atoms. The van der Waals surface area contributed by atoms with Crippen LogP contribution in [0.2, 0.25) is 0 Å². The maximum absolute atomic E-state index is 14.7. The molecule has 3 aromatic rings. The van der Waals surface area contributed by atoms with E-state index in [9.17, 15) is 28.3 Å². The summed E-state index contributed by atoms with van der Waals surface area (Å²) in [6.45, 7) is 1.64. The van der Waals surface area contributed by atoms with E-state index in [2.05, 4.69) is 15.6 Å². The van der Waals surface area contributed by atoms with Gasteiger partial charge in [0.1, 0.15) is 28.9 Å². The van der Waals surface area contributed by atoms with E-state index in [1.165, 1.54) is 31.3 Å². The van der Waals surface area contributed by atoms with Gasteiger partial charge in [-0.1, -0.05) is 0 Å². The van der Waals surface area contributed by atoms with Crippen LogP contribution in [0.25, 0.3) is 0 Å². The standard InChI is InChI=1S/C21H20F2N4O5/c1-9-8-10-4-6-21(22,23)19(18(10)32-9)26-13-12(16(29)17(13)30)25-11-5-7-24-14(15(11)28)20(31)27(2)3/h5,7-8,19,26,28H,4,6H2,1-3H3,(H,24,25). The van der Waals surface area contributed by atoms with Crippen LogP contribution in [0.4, 0.5) is 25.8 Å². The molecule has 0 bridgehead atoms. The van der Waals surface area contributed by atoms with Gasteiger partial charge in [0.15, 0.2) is 11.4 Å². The highest BCUT2D eigenvalue weighted by Crippen LogP contribution is 2.45. The second-order valence-electron chi connectivity index (χ2n) is 7.87. The maximum atomic E-state index is 14.7. The summed E-state index contributed by atoms with van der Waals surface area (Å²) < 4.78 is 34.8. The van der Waals surface area contributed by atoms with Gasteiger partial charge in [0, 0.05) is 26.7 Å². The van der Waals surface area contributed by atoms with Gasteiger partial charge < -0.3 is 25.1 Å². The van der Waals surface area contributed by atoms with Crippen molar-refractivity contribution in [3.63, 3.8) is 0 Å². The molecule has 168 valence electrons. The lowest BCUT2D eigenvalue weighted by Gasteiger charge is -2.32. The molecule has 9 nitrogen and oxygen atoms in total. The van der Waals surface area contributed by atoms with Crippen molar-refractivity contribution < 1.29 is 23.1 Å². The Bertz CT molecular complexity index is 1290. The Morgan fingerprint density at radius 2 is 1.97 bits per heavy atom. The van der Waals surface area contributed by atoms with E-state index in [0.717, 1.165) is 0 Å². The van der Waals surface area contributed by atoms with Gasteiger partial charge in [0.2, 0.25) is 0 Å². The van der Waals surface area contributed by atoms with Gasteiger partial charge in [-0.2, -0.15) is 0 Å². The van der Waals surface area contributed by atoms with E-state index in [1.54, 1.807) is 13.0 Å². The molecular weight excluding hydrogens is 426 g/mol. The van der Waals surface area contributed by atoms with Gasteiger partial charge in [-0.15, -0.1) is 0 Å². The molecule has 0 radical (unpaired) electrons. The highest BCUT2D eigenvalue weighted by Gasteiger charge is 2.48. The largest absolute Gasteiger partial charge is 0.504 e. The summed E-state index contributed by atoms with van der Waals surface area (Å²) in [5.41, 5.74) is -2.31. The number of carbonyl (C=O) groups excluding carboxylic acids is 1. The van der Waals surface area contributed by atoms with Crippen LogP contribution in [0.3, 0.4) is 0 Å². The van der Waals surface area contributed by atoms with Crippen molar-refractivity contribution in [1.29, 1.82) is 0 Å². The van der Waals surface area contributed by atoms with Crippen LogP contribution in [0.15, 0.2) is 32.3 Å². The number of hydrogen-bond acceptors (Lipinski definition) is 8. The smallest absolute Gasteiger partial charge is 0.275 e. The van der Waals surface area contributed by atoms with Crippen LogP contribution in [0.1, 0.15) is 40.0 Å². The normalized spacial score (nSPS) is 17.1. The number of aromatic hydroxyl groups is 1. The average Bonchev–Trinajstić information content (AvgIpc) is 3.12. The fourth-order valence-electron chi connectivity index (χ4n) is 3.68. The summed E-state index contributed by atoms with van der Waals surface area (Å²) in [4.78, 5) is 41.6. The molecule has 1 aromatic carbocycles. The van der Waals surface area contributed by atoms with Gasteiger partial charge in [0.25, 0.3) is 22.7 Å². The number of aryl methyl sites for hydroxylation is 2. The number of furan rings is 1.